The third-order valence-corrected chi connectivity index (χ3v) is 4.03. The lowest BCUT2D eigenvalue weighted by Crippen LogP contribution is -1.91. The highest BCUT2D eigenvalue weighted by atomic mass is 32.1. The fraction of sp³-hybridized carbons (Fsp3) is 0.286. The Bertz CT molecular complexity index is 602. The van der Waals surface area contributed by atoms with Gasteiger partial charge in [0.05, 0.1) is 17.7 Å². The molecule has 0 unspecified atom stereocenters. The van der Waals surface area contributed by atoms with Gasteiger partial charge in [-0.25, -0.2) is 4.98 Å². The Hall–Kier alpha value is -1.68. The largest absolute Gasteiger partial charge is 0.496 e. The minimum Gasteiger partial charge on any atom is -0.496 e. The van der Waals surface area contributed by atoms with Gasteiger partial charge in [0.2, 0.25) is 0 Å². The zero-order valence-electron chi connectivity index (χ0n) is 10.9. The van der Waals surface area contributed by atoms with Gasteiger partial charge in [-0.3, -0.25) is 4.79 Å². The molecule has 0 aliphatic heterocycles. The average molecular weight is 261 g/mol. The summed E-state index contributed by atoms with van der Waals surface area (Å²) in [5.41, 5.74) is 4.02. The molecule has 0 bridgehead atoms. The number of carbonyl (C=O) groups excluding carboxylic acids is 1. The van der Waals surface area contributed by atoms with Gasteiger partial charge in [0.1, 0.15) is 10.8 Å². The van der Waals surface area contributed by atoms with Crippen LogP contribution in [0.4, 0.5) is 0 Å². The minimum absolute atomic E-state index is 0.692. The number of ether oxygens (including phenoxy) is 1. The first-order chi connectivity index (χ1) is 8.56. The Labute approximate surface area is 110 Å². The molecule has 94 valence electrons. The number of rotatable bonds is 3. The SMILES string of the molecule is COc1cc(C)c(-c2nc(C)c(C=O)s2)cc1C. The third kappa shape index (κ3) is 2.16. The summed E-state index contributed by atoms with van der Waals surface area (Å²) in [4.78, 5) is 16.0. The van der Waals surface area contributed by atoms with Crippen molar-refractivity contribution in [2.24, 2.45) is 0 Å². The molecule has 4 heteroatoms. The van der Waals surface area contributed by atoms with Crippen molar-refractivity contribution in [3.63, 3.8) is 0 Å². The van der Waals surface area contributed by atoms with Crippen molar-refractivity contribution in [1.82, 2.24) is 4.98 Å². The lowest BCUT2D eigenvalue weighted by molar-refractivity contribution is 0.112. The minimum atomic E-state index is 0.692. The number of hydrogen-bond donors (Lipinski definition) is 0. The van der Waals surface area contributed by atoms with Crippen LogP contribution in [0.1, 0.15) is 26.5 Å². The van der Waals surface area contributed by atoms with Gasteiger partial charge in [-0.1, -0.05) is 0 Å². The van der Waals surface area contributed by atoms with Gasteiger partial charge >= 0.3 is 0 Å². The number of carbonyl (C=O) groups is 1. The monoisotopic (exact) mass is 261 g/mol. The Morgan fingerprint density at radius 3 is 2.50 bits per heavy atom. The molecule has 3 nitrogen and oxygen atoms in total. The van der Waals surface area contributed by atoms with Gasteiger partial charge < -0.3 is 4.74 Å². The number of thiazole rings is 1. The second-order valence-electron chi connectivity index (χ2n) is 4.22. The summed E-state index contributed by atoms with van der Waals surface area (Å²) in [6.45, 7) is 5.88. The van der Waals surface area contributed by atoms with Crippen LogP contribution in [0.15, 0.2) is 12.1 Å². The molecule has 0 radical (unpaired) electrons. The molecule has 18 heavy (non-hydrogen) atoms. The van der Waals surface area contributed by atoms with E-state index in [0.29, 0.717) is 4.88 Å². The van der Waals surface area contributed by atoms with Crippen molar-refractivity contribution in [3.8, 4) is 16.3 Å². The van der Waals surface area contributed by atoms with Crippen molar-refractivity contribution >= 4 is 17.6 Å². The highest BCUT2D eigenvalue weighted by Crippen LogP contribution is 2.33. The van der Waals surface area contributed by atoms with E-state index >= 15 is 0 Å². The van der Waals surface area contributed by atoms with E-state index in [-0.39, 0.29) is 0 Å². The van der Waals surface area contributed by atoms with Crippen molar-refractivity contribution in [1.29, 1.82) is 0 Å². The first-order valence-corrected chi connectivity index (χ1v) is 6.46. The number of aryl methyl sites for hydroxylation is 3. The van der Waals surface area contributed by atoms with Crippen molar-refractivity contribution < 1.29 is 9.53 Å². The second kappa shape index (κ2) is 4.90. The third-order valence-electron chi connectivity index (χ3n) is 2.91. The standard InChI is InChI=1S/C14H15NO2S/c1-8-6-12(17-4)9(2)5-11(8)14-15-10(3)13(7-16)18-14/h5-7H,1-4H3. The van der Waals surface area contributed by atoms with Crippen LogP contribution in [0.25, 0.3) is 10.6 Å². The van der Waals surface area contributed by atoms with E-state index in [9.17, 15) is 4.79 Å². The molecule has 0 spiro atoms. The molecular formula is C14H15NO2S. The van der Waals surface area contributed by atoms with Crippen LogP contribution in [0.3, 0.4) is 0 Å². The maximum Gasteiger partial charge on any atom is 0.161 e. The molecule has 0 saturated heterocycles. The molecule has 1 aromatic carbocycles. The summed E-state index contributed by atoms with van der Waals surface area (Å²) in [5.74, 6) is 0.875. The molecule has 2 aromatic rings. The molecule has 0 N–H and O–H groups in total. The van der Waals surface area contributed by atoms with Crippen molar-refractivity contribution in [3.05, 3.63) is 33.8 Å². The fourth-order valence-electron chi connectivity index (χ4n) is 1.87. The topological polar surface area (TPSA) is 39.2 Å². The van der Waals surface area contributed by atoms with Crippen LogP contribution in [-0.2, 0) is 0 Å². The summed E-state index contributed by atoms with van der Waals surface area (Å²) in [6.07, 6.45) is 0.863. The van der Waals surface area contributed by atoms with E-state index in [1.807, 2.05) is 26.8 Å². The Kier molecular flexibility index (Phi) is 3.48. The number of aromatic nitrogens is 1. The first kappa shape index (κ1) is 12.8. The van der Waals surface area contributed by atoms with Crippen molar-refractivity contribution in [2.75, 3.05) is 7.11 Å². The average Bonchev–Trinajstić information content (AvgIpc) is 2.72. The predicted molar refractivity (Wildman–Crippen MR) is 73.7 cm³/mol. The zero-order chi connectivity index (χ0) is 13.3. The lowest BCUT2D eigenvalue weighted by Gasteiger charge is -2.09. The summed E-state index contributed by atoms with van der Waals surface area (Å²) in [7, 11) is 1.67. The summed E-state index contributed by atoms with van der Waals surface area (Å²) < 4.78 is 5.29. The second-order valence-corrected chi connectivity index (χ2v) is 5.25. The van der Waals surface area contributed by atoms with Crippen LogP contribution in [0.2, 0.25) is 0 Å². The smallest absolute Gasteiger partial charge is 0.161 e. The lowest BCUT2D eigenvalue weighted by atomic mass is 10.1. The van der Waals surface area contributed by atoms with Gasteiger partial charge in [0, 0.05) is 5.56 Å². The van der Waals surface area contributed by atoms with Crippen LogP contribution in [0, 0.1) is 20.8 Å². The molecule has 1 heterocycles. The van der Waals surface area contributed by atoms with E-state index in [2.05, 4.69) is 11.1 Å². The van der Waals surface area contributed by atoms with E-state index in [1.54, 1.807) is 7.11 Å². The Balaban J connectivity index is 2.56. The zero-order valence-corrected chi connectivity index (χ0v) is 11.7. The maximum atomic E-state index is 10.9. The number of hydrogen-bond acceptors (Lipinski definition) is 4. The Morgan fingerprint density at radius 1 is 1.22 bits per heavy atom. The van der Waals surface area contributed by atoms with Gasteiger partial charge in [-0.05, 0) is 44.0 Å². The quantitative estimate of drug-likeness (QED) is 0.793. The molecule has 0 aliphatic rings. The van der Waals surface area contributed by atoms with Crippen LogP contribution < -0.4 is 4.74 Å². The summed E-state index contributed by atoms with van der Waals surface area (Å²) >= 11 is 1.43. The van der Waals surface area contributed by atoms with Crippen LogP contribution in [-0.4, -0.2) is 18.4 Å². The molecule has 0 aliphatic carbocycles. The molecule has 0 amide bonds. The maximum absolute atomic E-state index is 10.9. The highest BCUT2D eigenvalue weighted by Gasteiger charge is 2.12. The molecule has 2 rings (SSSR count). The van der Waals surface area contributed by atoms with Gasteiger partial charge in [-0.2, -0.15) is 0 Å². The molecule has 0 saturated carbocycles. The van der Waals surface area contributed by atoms with Crippen LogP contribution >= 0.6 is 11.3 Å². The van der Waals surface area contributed by atoms with Gasteiger partial charge in [0.25, 0.3) is 0 Å². The molecular weight excluding hydrogens is 246 g/mol. The predicted octanol–water partition coefficient (Wildman–Crippen LogP) is 3.56. The van der Waals surface area contributed by atoms with Gasteiger partial charge in [-0.15, -0.1) is 11.3 Å². The van der Waals surface area contributed by atoms with E-state index in [0.717, 1.165) is 39.4 Å². The molecule has 0 atom stereocenters. The van der Waals surface area contributed by atoms with Crippen LogP contribution in [0.5, 0.6) is 5.75 Å². The molecule has 1 aromatic heterocycles. The number of aldehydes is 1. The summed E-state index contributed by atoms with van der Waals surface area (Å²) in [5, 5.41) is 0.887. The first-order valence-electron chi connectivity index (χ1n) is 5.65. The Morgan fingerprint density at radius 2 is 1.94 bits per heavy atom. The normalized spacial score (nSPS) is 10.4. The van der Waals surface area contributed by atoms with E-state index in [1.165, 1.54) is 11.3 Å². The van der Waals surface area contributed by atoms with E-state index < -0.39 is 0 Å². The van der Waals surface area contributed by atoms with Crippen molar-refractivity contribution in [2.45, 2.75) is 20.8 Å². The molecule has 0 fully saturated rings. The summed E-state index contributed by atoms with van der Waals surface area (Å²) in [6, 6.07) is 4.06. The van der Waals surface area contributed by atoms with Gasteiger partial charge in [0.15, 0.2) is 6.29 Å². The highest BCUT2D eigenvalue weighted by molar-refractivity contribution is 7.16. The van der Waals surface area contributed by atoms with E-state index in [4.69, 9.17) is 4.74 Å². The number of nitrogens with zero attached hydrogens (tertiary/aromatic N) is 1. The number of methoxy groups -OCH3 is 1. The fourth-order valence-corrected chi connectivity index (χ4v) is 2.84. The number of benzene rings is 1.